The summed E-state index contributed by atoms with van der Waals surface area (Å²) >= 11 is 3.43. The van der Waals surface area contributed by atoms with E-state index in [9.17, 15) is 5.11 Å². The van der Waals surface area contributed by atoms with Crippen molar-refractivity contribution in [2.45, 2.75) is 18.9 Å². The molecule has 1 saturated heterocycles. The van der Waals surface area contributed by atoms with E-state index in [-0.39, 0.29) is 18.5 Å². The summed E-state index contributed by atoms with van der Waals surface area (Å²) < 4.78 is 0.825. The van der Waals surface area contributed by atoms with Crippen LogP contribution in [-0.4, -0.2) is 30.1 Å². The van der Waals surface area contributed by atoms with Crippen molar-refractivity contribution >= 4 is 27.5 Å². The monoisotopic (exact) mass is 297 g/mol. The van der Waals surface area contributed by atoms with Gasteiger partial charge in [-0.25, -0.2) is 0 Å². The highest BCUT2D eigenvalue weighted by Crippen LogP contribution is 2.29. The number of rotatable bonds is 3. The van der Waals surface area contributed by atoms with Crippen LogP contribution in [0.4, 0.5) is 5.69 Å². The fourth-order valence-electron chi connectivity index (χ4n) is 2.27. The van der Waals surface area contributed by atoms with Crippen LogP contribution in [0, 0.1) is 5.41 Å². The minimum absolute atomic E-state index is 0.0588. The largest absolute Gasteiger partial charge is 0.394 e. The lowest BCUT2D eigenvalue weighted by atomic mass is 10.1. The Morgan fingerprint density at radius 1 is 1.59 bits per heavy atom. The lowest BCUT2D eigenvalue weighted by Gasteiger charge is -2.25. The minimum atomic E-state index is 0.0588. The van der Waals surface area contributed by atoms with Crippen LogP contribution in [0.15, 0.2) is 22.7 Å². The number of aliphatic hydroxyl groups excluding tert-OH is 1. The van der Waals surface area contributed by atoms with Crippen LogP contribution in [0.25, 0.3) is 0 Å². The maximum absolute atomic E-state index is 9.30. The van der Waals surface area contributed by atoms with E-state index in [0.717, 1.165) is 29.5 Å². The van der Waals surface area contributed by atoms with Crippen molar-refractivity contribution in [1.82, 2.24) is 0 Å². The van der Waals surface area contributed by atoms with Gasteiger partial charge in [-0.2, -0.15) is 0 Å². The van der Waals surface area contributed by atoms with Crippen molar-refractivity contribution in [3.05, 3.63) is 28.2 Å². The number of anilines is 1. The zero-order valence-electron chi connectivity index (χ0n) is 9.49. The third kappa shape index (κ3) is 2.45. The highest BCUT2D eigenvalue weighted by molar-refractivity contribution is 9.10. The van der Waals surface area contributed by atoms with Gasteiger partial charge in [-0.05, 0) is 47.0 Å². The third-order valence-electron chi connectivity index (χ3n) is 3.16. The van der Waals surface area contributed by atoms with Gasteiger partial charge < -0.3 is 15.7 Å². The van der Waals surface area contributed by atoms with Gasteiger partial charge in [-0.1, -0.05) is 0 Å². The molecule has 4 N–H and O–H groups in total. The second kappa shape index (κ2) is 5.06. The molecule has 0 amide bonds. The first kappa shape index (κ1) is 12.4. The van der Waals surface area contributed by atoms with Crippen LogP contribution in [0.3, 0.4) is 0 Å². The number of amidine groups is 1. The smallest absolute Gasteiger partial charge is 0.123 e. The molecule has 2 rings (SSSR count). The van der Waals surface area contributed by atoms with E-state index in [2.05, 4.69) is 20.8 Å². The molecule has 0 aliphatic carbocycles. The van der Waals surface area contributed by atoms with Crippen molar-refractivity contribution in [1.29, 1.82) is 5.41 Å². The molecule has 1 heterocycles. The number of hydrogen-bond donors (Lipinski definition) is 3. The summed E-state index contributed by atoms with van der Waals surface area (Å²) in [6, 6.07) is 5.97. The van der Waals surface area contributed by atoms with Crippen LogP contribution < -0.4 is 10.6 Å². The van der Waals surface area contributed by atoms with Gasteiger partial charge in [0.15, 0.2) is 0 Å². The summed E-state index contributed by atoms with van der Waals surface area (Å²) in [7, 11) is 0. The Hall–Kier alpha value is -1.07. The third-order valence-corrected chi connectivity index (χ3v) is 3.82. The molecular formula is C12H16BrN3O. The Morgan fingerprint density at radius 2 is 2.35 bits per heavy atom. The van der Waals surface area contributed by atoms with Gasteiger partial charge in [0.1, 0.15) is 5.84 Å². The normalized spacial score (nSPS) is 19.6. The number of benzene rings is 1. The molecule has 1 aromatic rings. The second-order valence-electron chi connectivity index (χ2n) is 4.25. The Bertz CT molecular complexity index is 436. The van der Waals surface area contributed by atoms with E-state index in [4.69, 9.17) is 11.1 Å². The van der Waals surface area contributed by atoms with Crippen LogP contribution in [-0.2, 0) is 0 Å². The lowest BCUT2D eigenvalue weighted by Crippen LogP contribution is -2.32. The quantitative estimate of drug-likeness (QED) is 0.587. The number of nitrogens with two attached hydrogens (primary N) is 1. The topological polar surface area (TPSA) is 73.3 Å². The zero-order chi connectivity index (χ0) is 12.4. The molecule has 0 spiro atoms. The molecule has 92 valence electrons. The van der Waals surface area contributed by atoms with Crippen molar-refractivity contribution < 1.29 is 5.11 Å². The number of halogens is 1. The second-order valence-corrected chi connectivity index (χ2v) is 5.10. The van der Waals surface area contributed by atoms with Crippen molar-refractivity contribution in [3.63, 3.8) is 0 Å². The Kier molecular flexibility index (Phi) is 3.69. The highest BCUT2D eigenvalue weighted by Gasteiger charge is 2.24. The van der Waals surface area contributed by atoms with E-state index < -0.39 is 0 Å². The van der Waals surface area contributed by atoms with E-state index in [1.165, 1.54) is 0 Å². The predicted octanol–water partition coefficient (Wildman–Crippen LogP) is 1.69. The molecule has 1 aliphatic rings. The van der Waals surface area contributed by atoms with Crippen molar-refractivity contribution in [3.8, 4) is 0 Å². The summed E-state index contributed by atoms with van der Waals surface area (Å²) in [5.74, 6) is 0.0588. The molecule has 1 fully saturated rings. The molecule has 17 heavy (non-hydrogen) atoms. The van der Waals surface area contributed by atoms with Gasteiger partial charge in [0.2, 0.25) is 0 Å². The molecule has 0 radical (unpaired) electrons. The summed E-state index contributed by atoms with van der Waals surface area (Å²) in [6.07, 6.45) is 2.14. The molecule has 1 unspecified atom stereocenters. The van der Waals surface area contributed by atoms with E-state index in [1.807, 2.05) is 18.2 Å². The highest BCUT2D eigenvalue weighted by atomic mass is 79.9. The standard InChI is InChI=1S/C12H16BrN3O/c13-11-6-8(3-4-10(11)12(14)15)16-5-1-2-9(16)7-17/h3-4,6,9,17H,1-2,5,7H2,(H3,14,15). The minimum Gasteiger partial charge on any atom is -0.394 e. The van der Waals surface area contributed by atoms with E-state index in [0.29, 0.717) is 5.56 Å². The van der Waals surface area contributed by atoms with Crippen molar-refractivity contribution in [2.24, 2.45) is 5.73 Å². The first-order valence-corrected chi connectivity index (χ1v) is 6.44. The maximum Gasteiger partial charge on any atom is 0.123 e. The van der Waals surface area contributed by atoms with E-state index >= 15 is 0 Å². The van der Waals surface area contributed by atoms with E-state index in [1.54, 1.807) is 0 Å². The number of nitrogen functional groups attached to an aromatic ring is 1. The number of nitrogens with zero attached hydrogens (tertiary/aromatic N) is 1. The molecule has 1 aromatic carbocycles. The summed E-state index contributed by atoms with van der Waals surface area (Å²) in [5, 5.41) is 16.7. The Morgan fingerprint density at radius 3 is 2.94 bits per heavy atom. The van der Waals surface area contributed by atoms with Gasteiger partial charge in [-0.15, -0.1) is 0 Å². The van der Waals surface area contributed by atoms with Crippen LogP contribution in [0.2, 0.25) is 0 Å². The summed E-state index contributed by atoms with van der Waals surface area (Å²) in [5.41, 5.74) is 7.24. The van der Waals surface area contributed by atoms with Crippen LogP contribution >= 0.6 is 15.9 Å². The average molecular weight is 298 g/mol. The fraction of sp³-hybridized carbons (Fsp3) is 0.417. The van der Waals surface area contributed by atoms with Crippen LogP contribution in [0.1, 0.15) is 18.4 Å². The number of aliphatic hydroxyl groups is 1. The Balaban J connectivity index is 2.28. The molecule has 0 aromatic heterocycles. The molecular weight excluding hydrogens is 282 g/mol. The first-order valence-electron chi connectivity index (χ1n) is 5.65. The zero-order valence-corrected chi connectivity index (χ0v) is 11.1. The Labute approximate surface area is 109 Å². The molecule has 1 aliphatic heterocycles. The van der Waals surface area contributed by atoms with Crippen molar-refractivity contribution in [2.75, 3.05) is 18.1 Å². The SMILES string of the molecule is N=C(N)c1ccc(N2CCCC2CO)cc1Br. The molecule has 4 nitrogen and oxygen atoms in total. The average Bonchev–Trinajstić information content (AvgIpc) is 2.76. The van der Waals surface area contributed by atoms with Crippen LogP contribution in [0.5, 0.6) is 0 Å². The van der Waals surface area contributed by atoms with Gasteiger partial charge in [0.05, 0.1) is 12.6 Å². The summed E-state index contributed by atoms with van der Waals surface area (Å²) in [6.45, 7) is 1.16. The molecule has 0 bridgehead atoms. The van der Waals surface area contributed by atoms with Gasteiger partial charge in [-0.3, -0.25) is 5.41 Å². The maximum atomic E-state index is 9.30. The predicted molar refractivity (Wildman–Crippen MR) is 72.6 cm³/mol. The fourth-order valence-corrected chi connectivity index (χ4v) is 2.85. The van der Waals surface area contributed by atoms with Gasteiger partial charge in [0.25, 0.3) is 0 Å². The number of nitrogens with one attached hydrogen (secondary N) is 1. The molecule has 0 saturated carbocycles. The lowest BCUT2D eigenvalue weighted by molar-refractivity contribution is 0.266. The van der Waals surface area contributed by atoms with Gasteiger partial charge >= 0.3 is 0 Å². The number of hydrogen-bond acceptors (Lipinski definition) is 3. The molecule has 5 heteroatoms. The molecule has 1 atom stereocenters. The first-order chi connectivity index (χ1) is 8.13. The summed E-state index contributed by atoms with van der Waals surface area (Å²) in [4.78, 5) is 2.20. The van der Waals surface area contributed by atoms with Gasteiger partial charge in [0, 0.05) is 22.3 Å².